The zero-order valence-corrected chi connectivity index (χ0v) is 10.8. The van der Waals surface area contributed by atoms with Gasteiger partial charge in [0, 0.05) is 10.5 Å². The molecule has 0 saturated carbocycles. The highest BCUT2D eigenvalue weighted by Gasteiger charge is 2.21. The second-order valence-corrected chi connectivity index (χ2v) is 4.07. The van der Waals surface area contributed by atoms with Crippen LogP contribution in [0.2, 0.25) is 0 Å². The maximum atomic E-state index is 11.1. The normalized spacial score (nSPS) is 11.7. The Morgan fingerprint density at radius 2 is 2.18 bits per heavy atom. The van der Waals surface area contributed by atoms with Crippen molar-refractivity contribution < 1.29 is 19.2 Å². The summed E-state index contributed by atoms with van der Waals surface area (Å²) in [6.07, 6.45) is -0.903. The van der Waals surface area contributed by atoms with E-state index in [1.54, 1.807) is 6.07 Å². The molecule has 0 bridgehead atoms. The summed E-state index contributed by atoms with van der Waals surface area (Å²) < 4.78 is 10.2. The smallest absolute Gasteiger partial charge is 0.346 e. The van der Waals surface area contributed by atoms with E-state index in [0.717, 1.165) is 0 Å². The van der Waals surface area contributed by atoms with Gasteiger partial charge in [-0.15, -0.1) is 0 Å². The van der Waals surface area contributed by atoms with E-state index in [1.165, 1.54) is 26.2 Å². The maximum absolute atomic E-state index is 11.1. The summed E-state index contributed by atoms with van der Waals surface area (Å²) in [5.74, 6) is -0.571. The minimum atomic E-state index is -0.903. The van der Waals surface area contributed by atoms with E-state index in [0.29, 0.717) is 4.47 Å². The summed E-state index contributed by atoms with van der Waals surface area (Å²) in [6.45, 7) is 1.46. The Hall–Kier alpha value is -1.63. The molecule has 0 heterocycles. The fourth-order valence-corrected chi connectivity index (χ4v) is 1.49. The predicted molar refractivity (Wildman–Crippen MR) is 62.9 cm³/mol. The molecule has 0 radical (unpaired) electrons. The zero-order valence-electron chi connectivity index (χ0n) is 9.18. The summed E-state index contributed by atoms with van der Waals surface area (Å²) in [7, 11) is 1.22. The van der Waals surface area contributed by atoms with Crippen molar-refractivity contribution in [1.29, 1.82) is 0 Å². The fourth-order valence-electron chi connectivity index (χ4n) is 1.14. The van der Waals surface area contributed by atoms with Crippen molar-refractivity contribution in [2.45, 2.75) is 13.0 Å². The van der Waals surface area contributed by atoms with Gasteiger partial charge in [-0.05, 0) is 19.1 Å². The van der Waals surface area contributed by atoms with Crippen LogP contribution >= 0.6 is 15.9 Å². The quantitative estimate of drug-likeness (QED) is 0.484. The molecule has 0 saturated heterocycles. The number of carbonyl (C=O) groups excluding carboxylic acids is 1. The molecule has 1 unspecified atom stereocenters. The molecule has 0 aromatic heterocycles. The summed E-state index contributed by atoms with van der Waals surface area (Å²) in [6, 6.07) is 4.31. The van der Waals surface area contributed by atoms with Gasteiger partial charge in [-0.1, -0.05) is 15.9 Å². The molecular weight excluding hydrogens is 294 g/mol. The Morgan fingerprint density at radius 1 is 1.53 bits per heavy atom. The SMILES string of the molecule is COC(=O)C(C)Oc1ccc(Br)cc1[N+](=O)[O-]. The first-order valence-corrected chi connectivity index (χ1v) is 5.43. The van der Waals surface area contributed by atoms with E-state index in [4.69, 9.17) is 4.74 Å². The fraction of sp³-hybridized carbons (Fsp3) is 0.300. The summed E-state index contributed by atoms with van der Waals surface area (Å²) >= 11 is 3.12. The second-order valence-electron chi connectivity index (χ2n) is 3.15. The van der Waals surface area contributed by atoms with E-state index >= 15 is 0 Å². The third kappa shape index (κ3) is 3.42. The topological polar surface area (TPSA) is 78.7 Å². The molecule has 0 N–H and O–H groups in total. The van der Waals surface area contributed by atoms with E-state index in [-0.39, 0.29) is 11.4 Å². The van der Waals surface area contributed by atoms with Gasteiger partial charge in [0.1, 0.15) is 0 Å². The lowest BCUT2D eigenvalue weighted by atomic mass is 10.3. The van der Waals surface area contributed by atoms with Crippen LogP contribution < -0.4 is 4.74 Å². The third-order valence-corrected chi connectivity index (χ3v) is 2.45. The van der Waals surface area contributed by atoms with E-state index in [1.807, 2.05) is 0 Å². The number of nitrogens with zero attached hydrogens (tertiary/aromatic N) is 1. The molecular formula is C10H10BrNO5. The molecule has 1 aromatic rings. The predicted octanol–water partition coefficient (Wildman–Crippen LogP) is 2.30. The Kier molecular flexibility index (Phi) is 4.45. The van der Waals surface area contributed by atoms with Crippen LogP contribution in [-0.2, 0) is 9.53 Å². The Labute approximate surface area is 106 Å². The van der Waals surface area contributed by atoms with Crippen molar-refractivity contribution in [2.75, 3.05) is 7.11 Å². The van der Waals surface area contributed by atoms with E-state index < -0.39 is 17.0 Å². The molecule has 0 spiro atoms. The van der Waals surface area contributed by atoms with Gasteiger partial charge in [0.2, 0.25) is 0 Å². The standard InChI is InChI=1S/C10H10BrNO5/c1-6(10(13)16-2)17-9-4-3-7(11)5-8(9)12(14)15/h3-6H,1-2H3. The molecule has 92 valence electrons. The van der Waals surface area contributed by atoms with E-state index in [2.05, 4.69) is 20.7 Å². The number of benzene rings is 1. The molecule has 0 aliphatic rings. The van der Waals surface area contributed by atoms with Gasteiger partial charge in [0.25, 0.3) is 0 Å². The summed E-state index contributed by atoms with van der Waals surface area (Å²) in [5.41, 5.74) is -0.213. The van der Waals surface area contributed by atoms with Crippen molar-refractivity contribution >= 4 is 27.6 Å². The maximum Gasteiger partial charge on any atom is 0.346 e. The number of nitro benzene ring substituents is 1. The lowest BCUT2D eigenvalue weighted by molar-refractivity contribution is -0.386. The Bertz CT molecular complexity index is 448. The highest BCUT2D eigenvalue weighted by Crippen LogP contribution is 2.30. The first kappa shape index (κ1) is 13.4. The molecule has 0 amide bonds. The molecule has 17 heavy (non-hydrogen) atoms. The lowest BCUT2D eigenvalue weighted by Gasteiger charge is -2.12. The minimum absolute atomic E-state index is 0.0242. The van der Waals surface area contributed by atoms with Crippen molar-refractivity contribution in [3.63, 3.8) is 0 Å². The number of nitro groups is 1. The number of hydrogen-bond donors (Lipinski definition) is 0. The number of rotatable bonds is 4. The van der Waals surface area contributed by atoms with Crippen LogP contribution in [0, 0.1) is 10.1 Å². The number of carbonyl (C=O) groups is 1. The molecule has 6 nitrogen and oxygen atoms in total. The van der Waals surface area contributed by atoms with Crippen molar-refractivity contribution in [1.82, 2.24) is 0 Å². The largest absolute Gasteiger partial charge is 0.472 e. The molecule has 1 aromatic carbocycles. The van der Waals surface area contributed by atoms with Crippen LogP contribution in [0.3, 0.4) is 0 Å². The average molecular weight is 304 g/mol. The minimum Gasteiger partial charge on any atom is -0.472 e. The van der Waals surface area contributed by atoms with Crippen LogP contribution in [0.1, 0.15) is 6.92 Å². The number of methoxy groups -OCH3 is 1. The zero-order chi connectivity index (χ0) is 13.0. The monoisotopic (exact) mass is 303 g/mol. The van der Waals surface area contributed by atoms with Crippen molar-refractivity contribution in [2.24, 2.45) is 0 Å². The molecule has 0 aliphatic heterocycles. The van der Waals surface area contributed by atoms with Crippen LogP contribution in [0.25, 0.3) is 0 Å². The second kappa shape index (κ2) is 5.62. The molecule has 1 rings (SSSR count). The van der Waals surface area contributed by atoms with Gasteiger partial charge in [0.15, 0.2) is 11.9 Å². The van der Waals surface area contributed by atoms with Gasteiger partial charge >= 0.3 is 11.7 Å². The third-order valence-electron chi connectivity index (χ3n) is 1.95. The van der Waals surface area contributed by atoms with Crippen LogP contribution in [0.4, 0.5) is 5.69 Å². The Morgan fingerprint density at radius 3 is 2.71 bits per heavy atom. The van der Waals surface area contributed by atoms with E-state index in [9.17, 15) is 14.9 Å². The summed E-state index contributed by atoms with van der Waals surface area (Å²) in [5, 5.41) is 10.8. The molecule has 0 fully saturated rings. The van der Waals surface area contributed by atoms with Gasteiger partial charge in [0.05, 0.1) is 12.0 Å². The number of ether oxygens (including phenoxy) is 2. The number of hydrogen-bond acceptors (Lipinski definition) is 5. The van der Waals surface area contributed by atoms with Crippen LogP contribution in [-0.4, -0.2) is 24.1 Å². The molecule has 1 atom stereocenters. The number of esters is 1. The summed E-state index contributed by atoms with van der Waals surface area (Å²) in [4.78, 5) is 21.3. The van der Waals surface area contributed by atoms with Crippen molar-refractivity contribution in [3.05, 3.63) is 32.8 Å². The first-order chi connectivity index (χ1) is 7.95. The van der Waals surface area contributed by atoms with Gasteiger partial charge in [-0.3, -0.25) is 10.1 Å². The van der Waals surface area contributed by atoms with Gasteiger partial charge < -0.3 is 9.47 Å². The highest BCUT2D eigenvalue weighted by molar-refractivity contribution is 9.10. The van der Waals surface area contributed by atoms with Crippen LogP contribution in [0.5, 0.6) is 5.75 Å². The molecule has 7 heteroatoms. The Balaban J connectivity index is 2.98. The van der Waals surface area contributed by atoms with Crippen molar-refractivity contribution in [3.8, 4) is 5.75 Å². The van der Waals surface area contributed by atoms with Gasteiger partial charge in [-0.25, -0.2) is 4.79 Å². The highest BCUT2D eigenvalue weighted by atomic mass is 79.9. The molecule has 0 aliphatic carbocycles. The van der Waals surface area contributed by atoms with Gasteiger partial charge in [-0.2, -0.15) is 0 Å². The first-order valence-electron chi connectivity index (χ1n) is 4.64. The van der Waals surface area contributed by atoms with Crippen LogP contribution in [0.15, 0.2) is 22.7 Å². The average Bonchev–Trinajstić information content (AvgIpc) is 2.29. The number of halogens is 1. The lowest BCUT2D eigenvalue weighted by Crippen LogP contribution is -2.25.